The molecule has 1 amide bonds. The highest BCUT2D eigenvalue weighted by Crippen LogP contribution is 2.35. The van der Waals surface area contributed by atoms with Crippen molar-refractivity contribution in [2.45, 2.75) is 70.1 Å². The first-order valence-corrected chi connectivity index (χ1v) is 16.7. The van der Waals surface area contributed by atoms with Gasteiger partial charge in [0.25, 0.3) is 5.91 Å². The monoisotopic (exact) mass is 599 g/mol. The summed E-state index contributed by atoms with van der Waals surface area (Å²) >= 11 is 0. The number of aliphatic hydroxyl groups excluding tert-OH is 1. The minimum absolute atomic E-state index is 0.0709. The fourth-order valence-electron chi connectivity index (χ4n) is 7.54. The summed E-state index contributed by atoms with van der Waals surface area (Å²) in [5.74, 6) is 1.67. The Bertz CT molecular complexity index is 1520. The zero-order chi connectivity index (χ0) is 30.0. The van der Waals surface area contributed by atoms with E-state index in [2.05, 4.69) is 27.2 Å². The molecule has 1 aliphatic carbocycles. The summed E-state index contributed by atoms with van der Waals surface area (Å²) in [6.45, 7) is 6.24. The Kier molecular flexibility index (Phi) is 8.45. The van der Waals surface area contributed by atoms with E-state index in [9.17, 15) is 14.7 Å². The Hall–Kier alpha value is -3.63. The molecule has 2 N–H and O–H groups in total. The zero-order valence-corrected chi connectivity index (χ0v) is 25.7. The Morgan fingerprint density at radius 1 is 0.864 bits per heavy atom. The van der Waals surface area contributed by atoms with E-state index in [0.717, 1.165) is 106 Å². The van der Waals surface area contributed by atoms with Gasteiger partial charge in [-0.05, 0) is 49.8 Å². The molecule has 4 fully saturated rings. The molecule has 0 radical (unpaired) electrons. The largest absolute Gasteiger partial charge is 0.391 e. The number of benzene rings is 1. The summed E-state index contributed by atoms with van der Waals surface area (Å²) < 4.78 is 3.72. The lowest BCUT2D eigenvalue weighted by Crippen LogP contribution is -2.47. The number of nitrogens with zero attached hydrogens (tertiary/aromatic N) is 6. The fourth-order valence-corrected chi connectivity index (χ4v) is 7.54. The molecule has 0 spiro atoms. The van der Waals surface area contributed by atoms with E-state index in [1.165, 1.54) is 6.42 Å². The number of rotatable bonds is 7. The van der Waals surface area contributed by atoms with Crippen LogP contribution in [0.15, 0.2) is 47.3 Å². The van der Waals surface area contributed by atoms with Gasteiger partial charge in [-0.1, -0.05) is 49.6 Å². The Morgan fingerprint density at radius 2 is 1.57 bits per heavy atom. The van der Waals surface area contributed by atoms with Gasteiger partial charge >= 0.3 is 5.69 Å². The van der Waals surface area contributed by atoms with E-state index in [1.807, 2.05) is 39.8 Å². The molecule has 234 valence electrons. The fraction of sp³-hybridized carbons (Fsp3) is 0.559. The van der Waals surface area contributed by atoms with E-state index in [0.29, 0.717) is 25.3 Å². The summed E-state index contributed by atoms with van der Waals surface area (Å²) in [6, 6.07) is 14.3. The van der Waals surface area contributed by atoms with Crippen molar-refractivity contribution in [2.75, 3.05) is 62.2 Å². The van der Waals surface area contributed by atoms with E-state index in [-0.39, 0.29) is 30.3 Å². The van der Waals surface area contributed by atoms with Gasteiger partial charge in [-0.25, -0.2) is 9.78 Å². The molecule has 3 saturated heterocycles. The molecule has 10 heteroatoms. The van der Waals surface area contributed by atoms with Gasteiger partial charge in [0.15, 0.2) is 0 Å². The van der Waals surface area contributed by atoms with Crippen LogP contribution in [-0.2, 0) is 6.54 Å². The van der Waals surface area contributed by atoms with Crippen LogP contribution in [0.25, 0.3) is 11.3 Å². The molecule has 1 saturated carbocycles. The maximum atomic E-state index is 14.7. The number of aliphatic hydroxyl groups is 1. The van der Waals surface area contributed by atoms with E-state index in [1.54, 1.807) is 4.57 Å². The van der Waals surface area contributed by atoms with Gasteiger partial charge in [-0.2, -0.15) is 0 Å². The van der Waals surface area contributed by atoms with Gasteiger partial charge in [0, 0.05) is 64.0 Å². The summed E-state index contributed by atoms with van der Waals surface area (Å²) in [5.41, 5.74) is 3.00. The Morgan fingerprint density at radius 3 is 2.25 bits per heavy atom. The molecule has 44 heavy (non-hydrogen) atoms. The van der Waals surface area contributed by atoms with Crippen molar-refractivity contribution in [3.8, 4) is 11.3 Å². The van der Waals surface area contributed by atoms with Crippen LogP contribution >= 0.6 is 0 Å². The average Bonchev–Trinajstić information content (AvgIpc) is 3.82. The second-order valence-corrected chi connectivity index (χ2v) is 12.9. The molecule has 1 unspecified atom stereocenters. The van der Waals surface area contributed by atoms with Crippen LogP contribution < -0.4 is 20.8 Å². The van der Waals surface area contributed by atoms with Gasteiger partial charge in [0.2, 0.25) is 0 Å². The van der Waals surface area contributed by atoms with Crippen LogP contribution in [-0.4, -0.2) is 88.5 Å². The zero-order valence-electron chi connectivity index (χ0n) is 25.7. The van der Waals surface area contributed by atoms with Crippen LogP contribution in [0, 0.1) is 0 Å². The molecular weight excluding hydrogens is 554 g/mol. The average molecular weight is 600 g/mol. The normalized spacial score (nSPS) is 21.4. The van der Waals surface area contributed by atoms with E-state index >= 15 is 0 Å². The number of carbonyl (C=O) groups is 1. The van der Waals surface area contributed by atoms with Crippen molar-refractivity contribution in [1.82, 2.24) is 24.3 Å². The van der Waals surface area contributed by atoms with Crippen molar-refractivity contribution in [1.29, 1.82) is 0 Å². The number of β-amino-alcohol motifs (C(OH)–C–C–N with tert-alkyl or cyclic N) is 1. The summed E-state index contributed by atoms with van der Waals surface area (Å²) in [5, 5.41) is 13.7. The standard InChI is InChI=1S/C34H45N7O3/c42-28-13-18-39(24-28)30-22-25(21-29(36-30)37-16-7-8-17-37)23-40-32(33(43)38-19-14-35-15-20-38)31(26-9-3-1-4-10-26)41(34(40)44)27-11-5-2-6-12-27/h1,3-4,9-10,21-22,27-28,35,42H,2,5-8,11-20,23-24H2. The summed E-state index contributed by atoms with van der Waals surface area (Å²) in [6.07, 6.45) is 7.88. The lowest BCUT2D eigenvalue weighted by molar-refractivity contribution is 0.0725. The van der Waals surface area contributed by atoms with Gasteiger partial charge in [-0.15, -0.1) is 0 Å². The van der Waals surface area contributed by atoms with Crippen molar-refractivity contribution in [3.05, 3.63) is 64.2 Å². The molecule has 3 aliphatic heterocycles. The number of nitrogens with one attached hydrogen (secondary N) is 1. The molecule has 4 aliphatic rings. The lowest BCUT2D eigenvalue weighted by Gasteiger charge is -2.28. The number of piperazine rings is 1. The van der Waals surface area contributed by atoms with Crippen LogP contribution in [0.4, 0.5) is 11.6 Å². The quantitative estimate of drug-likeness (QED) is 0.429. The number of carbonyl (C=O) groups excluding carboxylic acids is 1. The molecule has 0 bridgehead atoms. The third kappa shape index (κ3) is 5.77. The molecule has 5 heterocycles. The van der Waals surface area contributed by atoms with Crippen LogP contribution in [0.1, 0.15) is 73.5 Å². The van der Waals surface area contributed by atoms with Crippen molar-refractivity contribution in [3.63, 3.8) is 0 Å². The Labute approximate surface area is 259 Å². The first kappa shape index (κ1) is 29.1. The Balaban J connectivity index is 1.38. The molecule has 7 rings (SSSR count). The van der Waals surface area contributed by atoms with E-state index < -0.39 is 0 Å². The topological polar surface area (TPSA) is 98.9 Å². The molecule has 1 atom stereocenters. The van der Waals surface area contributed by atoms with Crippen molar-refractivity contribution >= 4 is 17.5 Å². The highest BCUT2D eigenvalue weighted by atomic mass is 16.3. The third-order valence-electron chi connectivity index (χ3n) is 9.88. The van der Waals surface area contributed by atoms with Crippen molar-refractivity contribution < 1.29 is 9.90 Å². The molecule has 3 aromatic rings. The SMILES string of the molecule is O=C(c1c(-c2ccccc2)n(C2CCCCC2)c(=O)n1Cc1cc(N2CCCC2)nc(N2CCC(O)C2)c1)N1CCNCC1. The molecular formula is C34H45N7O3. The van der Waals surface area contributed by atoms with E-state index in [4.69, 9.17) is 4.98 Å². The van der Waals surface area contributed by atoms with Crippen LogP contribution in [0.3, 0.4) is 0 Å². The minimum atomic E-state index is -0.362. The van der Waals surface area contributed by atoms with Crippen LogP contribution in [0.5, 0.6) is 0 Å². The van der Waals surface area contributed by atoms with Gasteiger partial charge in [0.05, 0.1) is 18.3 Å². The number of pyridine rings is 1. The predicted octanol–water partition coefficient (Wildman–Crippen LogP) is 3.48. The lowest BCUT2D eigenvalue weighted by atomic mass is 9.94. The molecule has 2 aromatic heterocycles. The highest BCUT2D eigenvalue weighted by Gasteiger charge is 2.33. The number of amides is 1. The number of anilines is 2. The molecule has 10 nitrogen and oxygen atoms in total. The number of imidazole rings is 1. The summed E-state index contributed by atoms with van der Waals surface area (Å²) in [4.78, 5) is 40.6. The first-order chi connectivity index (χ1) is 21.6. The van der Waals surface area contributed by atoms with Crippen molar-refractivity contribution in [2.24, 2.45) is 0 Å². The second kappa shape index (κ2) is 12.8. The number of aromatic nitrogens is 3. The maximum absolute atomic E-state index is 14.7. The second-order valence-electron chi connectivity index (χ2n) is 12.9. The summed E-state index contributed by atoms with van der Waals surface area (Å²) in [7, 11) is 0. The molecule has 1 aromatic carbocycles. The minimum Gasteiger partial charge on any atom is -0.391 e. The van der Waals surface area contributed by atoms with Gasteiger partial charge < -0.3 is 25.1 Å². The first-order valence-electron chi connectivity index (χ1n) is 16.7. The highest BCUT2D eigenvalue weighted by molar-refractivity contribution is 5.99. The van der Waals surface area contributed by atoms with Gasteiger partial charge in [-0.3, -0.25) is 13.9 Å². The predicted molar refractivity (Wildman–Crippen MR) is 173 cm³/mol. The smallest absolute Gasteiger partial charge is 0.329 e. The van der Waals surface area contributed by atoms with Crippen LogP contribution in [0.2, 0.25) is 0 Å². The number of hydrogen-bond donors (Lipinski definition) is 2. The van der Waals surface area contributed by atoms with Gasteiger partial charge in [0.1, 0.15) is 17.3 Å². The maximum Gasteiger partial charge on any atom is 0.329 e. The third-order valence-corrected chi connectivity index (χ3v) is 9.88. The number of hydrogen-bond acceptors (Lipinski definition) is 7.